The van der Waals surface area contributed by atoms with Gasteiger partial charge in [0.15, 0.2) is 0 Å². The van der Waals surface area contributed by atoms with Gasteiger partial charge >= 0.3 is 0 Å². The summed E-state index contributed by atoms with van der Waals surface area (Å²) in [6.07, 6.45) is 0.649. The Morgan fingerprint density at radius 3 is 2.07 bits per heavy atom. The van der Waals surface area contributed by atoms with E-state index < -0.39 is 5.54 Å². The van der Waals surface area contributed by atoms with E-state index in [0.29, 0.717) is 6.42 Å². The quantitative estimate of drug-likeness (QED) is 0.728. The molecule has 84 valence electrons. The Bertz CT molecular complexity index is 204. The number of carbonyl (C=O) groups is 1. The fourth-order valence-corrected chi connectivity index (χ4v) is 0.739. The molecule has 1 amide bonds. The zero-order valence-electron chi connectivity index (χ0n) is 10.3. The summed E-state index contributed by atoms with van der Waals surface area (Å²) in [4.78, 5) is 11.7. The zero-order valence-corrected chi connectivity index (χ0v) is 10.3. The summed E-state index contributed by atoms with van der Waals surface area (Å²) in [6, 6.07) is 0.129. The monoisotopic (exact) mass is 200 g/mol. The third-order valence-electron chi connectivity index (χ3n) is 2.90. The standard InChI is InChI=1S/C11H24N2O/c1-7-11(6,12)9(14)13-8(2)10(3,4)5/h8H,7,12H2,1-6H3,(H,13,14). The molecule has 3 nitrogen and oxygen atoms in total. The largest absolute Gasteiger partial charge is 0.352 e. The van der Waals surface area contributed by atoms with Crippen LogP contribution in [-0.2, 0) is 4.79 Å². The molecule has 0 fully saturated rings. The minimum Gasteiger partial charge on any atom is -0.352 e. The van der Waals surface area contributed by atoms with E-state index in [9.17, 15) is 4.79 Å². The van der Waals surface area contributed by atoms with Crippen LogP contribution in [0.1, 0.15) is 48.0 Å². The highest BCUT2D eigenvalue weighted by molar-refractivity contribution is 5.85. The highest BCUT2D eigenvalue weighted by atomic mass is 16.2. The van der Waals surface area contributed by atoms with Crippen molar-refractivity contribution in [2.24, 2.45) is 11.1 Å². The van der Waals surface area contributed by atoms with E-state index in [1.54, 1.807) is 6.92 Å². The minimum absolute atomic E-state index is 0.0672. The lowest BCUT2D eigenvalue weighted by molar-refractivity contribution is -0.127. The van der Waals surface area contributed by atoms with E-state index in [0.717, 1.165) is 0 Å². The van der Waals surface area contributed by atoms with Crippen LogP contribution in [0.5, 0.6) is 0 Å². The molecule has 0 aromatic rings. The van der Waals surface area contributed by atoms with Crippen molar-refractivity contribution in [2.75, 3.05) is 0 Å². The molecule has 2 atom stereocenters. The maximum absolute atomic E-state index is 11.7. The molecule has 0 rings (SSSR count). The molecule has 0 saturated carbocycles. The average molecular weight is 200 g/mol. The molecule has 0 heterocycles. The van der Waals surface area contributed by atoms with Crippen molar-refractivity contribution in [2.45, 2.75) is 59.5 Å². The van der Waals surface area contributed by atoms with Crippen LogP contribution in [-0.4, -0.2) is 17.5 Å². The predicted molar refractivity (Wildman–Crippen MR) is 59.9 cm³/mol. The van der Waals surface area contributed by atoms with Crippen molar-refractivity contribution >= 4 is 5.91 Å². The molecule has 3 N–H and O–H groups in total. The Morgan fingerprint density at radius 1 is 1.36 bits per heavy atom. The Kier molecular flexibility index (Phi) is 4.13. The second-order valence-corrected chi connectivity index (χ2v) is 5.33. The average Bonchev–Trinajstić information content (AvgIpc) is 2.02. The number of nitrogens with one attached hydrogen (secondary N) is 1. The van der Waals surface area contributed by atoms with E-state index in [2.05, 4.69) is 26.1 Å². The number of rotatable bonds is 3. The summed E-state index contributed by atoms with van der Waals surface area (Å²) in [5.41, 5.74) is 5.16. The number of nitrogens with two attached hydrogens (primary N) is 1. The third kappa shape index (κ3) is 3.66. The van der Waals surface area contributed by atoms with Crippen LogP contribution in [0.4, 0.5) is 0 Å². The van der Waals surface area contributed by atoms with Gasteiger partial charge in [0.1, 0.15) is 0 Å². The topological polar surface area (TPSA) is 55.1 Å². The van der Waals surface area contributed by atoms with Crippen molar-refractivity contribution in [1.82, 2.24) is 5.32 Å². The molecule has 0 aliphatic rings. The Balaban J connectivity index is 4.35. The van der Waals surface area contributed by atoms with E-state index >= 15 is 0 Å². The van der Waals surface area contributed by atoms with Crippen LogP contribution >= 0.6 is 0 Å². The molecule has 0 aliphatic carbocycles. The van der Waals surface area contributed by atoms with Gasteiger partial charge in [-0.1, -0.05) is 27.7 Å². The van der Waals surface area contributed by atoms with Gasteiger partial charge in [0.25, 0.3) is 0 Å². The van der Waals surface area contributed by atoms with Crippen LogP contribution in [0.15, 0.2) is 0 Å². The van der Waals surface area contributed by atoms with Crippen molar-refractivity contribution in [3.8, 4) is 0 Å². The number of hydrogen-bond acceptors (Lipinski definition) is 2. The van der Waals surface area contributed by atoms with Gasteiger partial charge in [-0.05, 0) is 25.7 Å². The van der Waals surface area contributed by atoms with Gasteiger partial charge in [-0.2, -0.15) is 0 Å². The number of amides is 1. The first kappa shape index (κ1) is 13.4. The lowest BCUT2D eigenvalue weighted by Crippen LogP contribution is -2.55. The van der Waals surface area contributed by atoms with E-state index in [1.165, 1.54) is 0 Å². The molecule has 0 aliphatic heterocycles. The normalized spacial score (nSPS) is 18.5. The SMILES string of the molecule is CCC(C)(N)C(=O)NC(C)C(C)(C)C. The second kappa shape index (κ2) is 4.30. The third-order valence-corrected chi connectivity index (χ3v) is 2.90. The first-order valence-electron chi connectivity index (χ1n) is 5.21. The Labute approximate surface area is 87.4 Å². The van der Waals surface area contributed by atoms with Gasteiger partial charge in [0, 0.05) is 6.04 Å². The molecule has 2 unspecified atom stereocenters. The van der Waals surface area contributed by atoms with Crippen LogP contribution in [0.2, 0.25) is 0 Å². The van der Waals surface area contributed by atoms with Gasteiger partial charge < -0.3 is 11.1 Å². The van der Waals surface area contributed by atoms with E-state index in [1.807, 2.05) is 13.8 Å². The van der Waals surface area contributed by atoms with Crippen molar-refractivity contribution in [1.29, 1.82) is 0 Å². The minimum atomic E-state index is -0.750. The smallest absolute Gasteiger partial charge is 0.240 e. The molecular formula is C11H24N2O. The summed E-state index contributed by atoms with van der Waals surface area (Å²) in [7, 11) is 0. The molecule has 0 bridgehead atoms. The molecule has 0 spiro atoms. The molecule has 0 aromatic carbocycles. The lowest BCUT2D eigenvalue weighted by Gasteiger charge is -2.31. The molecule has 0 aromatic heterocycles. The maximum Gasteiger partial charge on any atom is 0.240 e. The fourth-order valence-electron chi connectivity index (χ4n) is 0.739. The van der Waals surface area contributed by atoms with Crippen LogP contribution in [0.25, 0.3) is 0 Å². The Morgan fingerprint density at radius 2 is 1.79 bits per heavy atom. The van der Waals surface area contributed by atoms with Crippen LogP contribution in [0, 0.1) is 5.41 Å². The van der Waals surface area contributed by atoms with Crippen LogP contribution < -0.4 is 11.1 Å². The molecule has 0 saturated heterocycles. The van der Waals surface area contributed by atoms with Gasteiger partial charge in [-0.15, -0.1) is 0 Å². The highest BCUT2D eigenvalue weighted by Crippen LogP contribution is 2.19. The van der Waals surface area contributed by atoms with Gasteiger partial charge in [0.2, 0.25) is 5.91 Å². The van der Waals surface area contributed by atoms with Crippen molar-refractivity contribution in [3.63, 3.8) is 0 Å². The summed E-state index contributed by atoms with van der Waals surface area (Å²) in [5, 5.41) is 2.95. The fraction of sp³-hybridized carbons (Fsp3) is 0.909. The zero-order chi connectivity index (χ0) is 11.6. The summed E-state index contributed by atoms with van der Waals surface area (Å²) in [5.74, 6) is -0.0672. The van der Waals surface area contributed by atoms with Crippen LogP contribution in [0.3, 0.4) is 0 Å². The number of carbonyl (C=O) groups excluding carboxylic acids is 1. The van der Waals surface area contributed by atoms with E-state index in [4.69, 9.17) is 5.73 Å². The predicted octanol–water partition coefficient (Wildman–Crippen LogP) is 1.66. The first-order valence-corrected chi connectivity index (χ1v) is 5.21. The molecule has 0 radical (unpaired) electrons. The van der Waals surface area contributed by atoms with Gasteiger partial charge in [-0.25, -0.2) is 0 Å². The summed E-state index contributed by atoms with van der Waals surface area (Å²) in [6.45, 7) is 12.0. The van der Waals surface area contributed by atoms with Gasteiger partial charge in [-0.3, -0.25) is 4.79 Å². The summed E-state index contributed by atoms with van der Waals surface area (Å²) < 4.78 is 0. The van der Waals surface area contributed by atoms with E-state index in [-0.39, 0.29) is 17.4 Å². The highest BCUT2D eigenvalue weighted by Gasteiger charge is 2.30. The lowest BCUT2D eigenvalue weighted by atomic mass is 9.87. The molecule has 3 heteroatoms. The number of hydrogen-bond donors (Lipinski definition) is 2. The molecular weight excluding hydrogens is 176 g/mol. The van der Waals surface area contributed by atoms with Crippen molar-refractivity contribution in [3.05, 3.63) is 0 Å². The summed E-state index contributed by atoms with van der Waals surface area (Å²) >= 11 is 0. The van der Waals surface area contributed by atoms with Crippen molar-refractivity contribution < 1.29 is 4.79 Å². The molecule has 14 heavy (non-hydrogen) atoms. The van der Waals surface area contributed by atoms with Gasteiger partial charge in [0.05, 0.1) is 5.54 Å². The maximum atomic E-state index is 11.7. The first-order chi connectivity index (χ1) is 6.11. The Hall–Kier alpha value is -0.570. The second-order valence-electron chi connectivity index (χ2n) is 5.33.